The average Bonchev–Trinajstić information content (AvgIpc) is 2.38. The molecule has 0 spiro atoms. The second kappa shape index (κ2) is 4.73. The first-order valence-corrected chi connectivity index (χ1v) is 6.03. The fraction of sp³-hybridized carbons (Fsp3) is 0.692. The molecule has 1 heterocycles. The van der Waals surface area contributed by atoms with E-state index in [4.69, 9.17) is 0 Å². The van der Waals surface area contributed by atoms with Gasteiger partial charge in [0.1, 0.15) is 6.33 Å². The van der Waals surface area contributed by atoms with E-state index in [1.165, 1.54) is 36.9 Å². The number of hydrogen-bond acceptors (Lipinski definition) is 2. The van der Waals surface area contributed by atoms with Gasteiger partial charge < -0.3 is 0 Å². The summed E-state index contributed by atoms with van der Waals surface area (Å²) in [5.74, 6) is 1.65. The van der Waals surface area contributed by atoms with Crippen molar-refractivity contribution in [2.24, 2.45) is 11.8 Å². The normalized spacial score (nSPS) is 21.1. The lowest BCUT2D eigenvalue weighted by Crippen LogP contribution is -2.07. The first-order chi connectivity index (χ1) is 7.25. The van der Waals surface area contributed by atoms with Crippen LogP contribution in [0.15, 0.2) is 12.5 Å². The summed E-state index contributed by atoms with van der Waals surface area (Å²) in [6.07, 6.45) is 10.0. The van der Waals surface area contributed by atoms with Crippen LogP contribution in [0.3, 0.4) is 0 Å². The van der Waals surface area contributed by atoms with Crippen LogP contribution in [0.25, 0.3) is 0 Å². The zero-order valence-electron chi connectivity index (χ0n) is 9.74. The van der Waals surface area contributed by atoms with Crippen molar-refractivity contribution in [1.82, 2.24) is 9.97 Å². The minimum absolute atomic E-state index is 0.807. The first-order valence-electron chi connectivity index (χ1n) is 6.03. The number of aryl methyl sites for hydroxylation is 1. The molecule has 1 aliphatic carbocycles. The highest BCUT2D eigenvalue weighted by molar-refractivity contribution is 5.18. The van der Waals surface area contributed by atoms with Crippen LogP contribution in [0.1, 0.15) is 44.4 Å². The molecule has 1 unspecified atom stereocenters. The Labute approximate surface area is 92.1 Å². The third-order valence-electron chi connectivity index (χ3n) is 3.22. The second-order valence-electron chi connectivity index (χ2n) is 5.09. The van der Waals surface area contributed by atoms with Gasteiger partial charge in [0.05, 0.1) is 0 Å². The van der Waals surface area contributed by atoms with Crippen molar-refractivity contribution in [1.29, 1.82) is 0 Å². The van der Waals surface area contributed by atoms with Crippen molar-refractivity contribution in [3.05, 3.63) is 23.8 Å². The fourth-order valence-corrected chi connectivity index (χ4v) is 2.62. The number of hydrogen-bond donors (Lipinski definition) is 0. The molecule has 1 aromatic heterocycles. The van der Waals surface area contributed by atoms with Crippen LogP contribution in [0, 0.1) is 11.8 Å². The van der Waals surface area contributed by atoms with E-state index in [0.717, 1.165) is 18.3 Å². The first kappa shape index (κ1) is 10.6. The number of aromatic nitrogens is 2. The van der Waals surface area contributed by atoms with Crippen molar-refractivity contribution in [2.75, 3.05) is 0 Å². The molecule has 0 saturated heterocycles. The molecule has 82 valence electrons. The number of fused-ring (bicyclic) bond motifs is 1. The topological polar surface area (TPSA) is 25.8 Å². The van der Waals surface area contributed by atoms with Gasteiger partial charge in [0.25, 0.3) is 0 Å². The molecule has 1 atom stereocenters. The van der Waals surface area contributed by atoms with Crippen LogP contribution in [0.5, 0.6) is 0 Å². The SMILES string of the molecule is CC(C)CC1CCCc2ncncc2C1. The highest BCUT2D eigenvalue weighted by Gasteiger charge is 2.18. The lowest BCUT2D eigenvalue weighted by atomic mass is 9.90. The molecular weight excluding hydrogens is 184 g/mol. The van der Waals surface area contributed by atoms with E-state index >= 15 is 0 Å². The van der Waals surface area contributed by atoms with Crippen LogP contribution in [0.4, 0.5) is 0 Å². The molecule has 15 heavy (non-hydrogen) atoms. The summed E-state index contributed by atoms with van der Waals surface area (Å²) >= 11 is 0. The lowest BCUT2D eigenvalue weighted by molar-refractivity contribution is 0.383. The van der Waals surface area contributed by atoms with Crippen LogP contribution < -0.4 is 0 Å². The van der Waals surface area contributed by atoms with Gasteiger partial charge in [0, 0.05) is 11.9 Å². The summed E-state index contributed by atoms with van der Waals surface area (Å²) in [7, 11) is 0. The molecule has 0 amide bonds. The van der Waals surface area contributed by atoms with Crippen LogP contribution in [0.2, 0.25) is 0 Å². The van der Waals surface area contributed by atoms with Crippen LogP contribution >= 0.6 is 0 Å². The Balaban J connectivity index is 2.10. The quantitative estimate of drug-likeness (QED) is 0.692. The summed E-state index contributed by atoms with van der Waals surface area (Å²) in [5, 5.41) is 0. The third-order valence-corrected chi connectivity index (χ3v) is 3.22. The van der Waals surface area contributed by atoms with Gasteiger partial charge in [-0.05, 0) is 49.5 Å². The van der Waals surface area contributed by atoms with Crippen molar-refractivity contribution in [2.45, 2.75) is 46.0 Å². The van der Waals surface area contributed by atoms with Crippen molar-refractivity contribution < 1.29 is 0 Å². The molecule has 0 bridgehead atoms. The van der Waals surface area contributed by atoms with Crippen molar-refractivity contribution in [3.8, 4) is 0 Å². The average molecular weight is 204 g/mol. The Kier molecular flexibility index (Phi) is 3.34. The predicted octanol–water partition coefficient (Wildman–Crippen LogP) is 3.02. The summed E-state index contributed by atoms with van der Waals surface area (Å²) in [6.45, 7) is 4.63. The Morgan fingerprint density at radius 2 is 2.33 bits per heavy atom. The van der Waals surface area contributed by atoms with E-state index in [9.17, 15) is 0 Å². The van der Waals surface area contributed by atoms with Gasteiger partial charge in [-0.25, -0.2) is 9.97 Å². The van der Waals surface area contributed by atoms with E-state index in [-0.39, 0.29) is 0 Å². The predicted molar refractivity (Wildman–Crippen MR) is 61.6 cm³/mol. The largest absolute Gasteiger partial charge is 0.245 e. The molecular formula is C13H20N2. The maximum absolute atomic E-state index is 4.38. The maximum Gasteiger partial charge on any atom is 0.115 e. The van der Waals surface area contributed by atoms with Gasteiger partial charge in [-0.3, -0.25) is 0 Å². The Morgan fingerprint density at radius 1 is 1.47 bits per heavy atom. The fourth-order valence-electron chi connectivity index (χ4n) is 2.62. The highest BCUT2D eigenvalue weighted by atomic mass is 14.8. The minimum Gasteiger partial charge on any atom is -0.245 e. The molecule has 0 aromatic carbocycles. The number of rotatable bonds is 2. The van der Waals surface area contributed by atoms with E-state index in [2.05, 4.69) is 23.8 Å². The zero-order chi connectivity index (χ0) is 10.7. The van der Waals surface area contributed by atoms with E-state index in [1.54, 1.807) is 6.33 Å². The van der Waals surface area contributed by atoms with Crippen molar-refractivity contribution >= 4 is 0 Å². The van der Waals surface area contributed by atoms with E-state index in [0.29, 0.717) is 0 Å². The standard InChI is InChI=1S/C13H20N2/c1-10(2)6-11-4-3-5-13-12(7-11)8-14-9-15-13/h8-11H,3-7H2,1-2H3. The Hall–Kier alpha value is -0.920. The van der Waals surface area contributed by atoms with Crippen LogP contribution in [-0.2, 0) is 12.8 Å². The minimum atomic E-state index is 0.807. The number of nitrogens with zero attached hydrogens (tertiary/aromatic N) is 2. The molecule has 0 fully saturated rings. The molecule has 2 nitrogen and oxygen atoms in total. The molecule has 1 aliphatic rings. The Morgan fingerprint density at radius 3 is 3.13 bits per heavy atom. The molecule has 1 aromatic rings. The van der Waals surface area contributed by atoms with Crippen molar-refractivity contribution in [3.63, 3.8) is 0 Å². The molecule has 2 heteroatoms. The summed E-state index contributed by atoms with van der Waals surface area (Å²) in [6, 6.07) is 0. The van der Waals surface area contributed by atoms with Gasteiger partial charge in [0.15, 0.2) is 0 Å². The Bertz CT molecular complexity index is 320. The lowest BCUT2D eigenvalue weighted by Gasteiger charge is -2.16. The van der Waals surface area contributed by atoms with Gasteiger partial charge in [-0.1, -0.05) is 13.8 Å². The summed E-state index contributed by atoms with van der Waals surface area (Å²) in [5.41, 5.74) is 2.68. The van der Waals surface area contributed by atoms with Gasteiger partial charge in [0.2, 0.25) is 0 Å². The maximum atomic E-state index is 4.38. The van der Waals surface area contributed by atoms with Gasteiger partial charge >= 0.3 is 0 Å². The second-order valence-corrected chi connectivity index (χ2v) is 5.09. The zero-order valence-corrected chi connectivity index (χ0v) is 9.74. The molecule has 0 radical (unpaired) electrons. The van der Waals surface area contributed by atoms with E-state index in [1.807, 2.05) is 6.20 Å². The van der Waals surface area contributed by atoms with Gasteiger partial charge in [-0.15, -0.1) is 0 Å². The third kappa shape index (κ3) is 2.77. The summed E-state index contributed by atoms with van der Waals surface area (Å²) < 4.78 is 0. The molecule has 0 saturated carbocycles. The monoisotopic (exact) mass is 204 g/mol. The molecule has 2 rings (SSSR count). The van der Waals surface area contributed by atoms with Gasteiger partial charge in [-0.2, -0.15) is 0 Å². The molecule has 0 N–H and O–H groups in total. The summed E-state index contributed by atoms with van der Waals surface area (Å²) in [4.78, 5) is 8.52. The smallest absolute Gasteiger partial charge is 0.115 e. The van der Waals surface area contributed by atoms with E-state index < -0.39 is 0 Å². The van der Waals surface area contributed by atoms with Crippen LogP contribution in [-0.4, -0.2) is 9.97 Å². The molecule has 0 aliphatic heterocycles. The highest BCUT2D eigenvalue weighted by Crippen LogP contribution is 2.27.